The van der Waals surface area contributed by atoms with Crippen LogP contribution in [0.4, 0.5) is 0 Å². The third-order valence-corrected chi connectivity index (χ3v) is 2.68. The first-order valence-electron chi connectivity index (χ1n) is 6.24. The van der Waals surface area contributed by atoms with Gasteiger partial charge in [0.25, 0.3) is 5.91 Å². The van der Waals surface area contributed by atoms with E-state index >= 15 is 0 Å². The molecule has 0 unspecified atom stereocenters. The van der Waals surface area contributed by atoms with E-state index in [0.29, 0.717) is 25.3 Å². The molecule has 1 heterocycles. The van der Waals surface area contributed by atoms with Crippen LogP contribution >= 0.6 is 0 Å². The Kier molecular flexibility index (Phi) is 6.39. The quantitative estimate of drug-likeness (QED) is 0.760. The number of rotatable bonds is 7. The summed E-state index contributed by atoms with van der Waals surface area (Å²) in [4.78, 5) is 28.6. The van der Waals surface area contributed by atoms with E-state index in [0.717, 1.165) is 6.08 Å². The Morgan fingerprint density at radius 1 is 1.50 bits per heavy atom. The van der Waals surface area contributed by atoms with Gasteiger partial charge in [-0.25, -0.2) is 4.79 Å². The molecule has 6 heteroatoms. The van der Waals surface area contributed by atoms with E-state index in [-0.39, 0.29) is 11.6 Å². The number of carboxylic acid groups (broad SMARTS) is 1. The minimum Gasteiger partial charge on any atom is -0.478 e. The number of pyridine rings is 1. The predicted molar refractivity (Wildman–Crippen MR) is 74.4 cm³/mol. The summed E-state index contributed by atoms with van der Waals surface area (Å²) in [5.74, 6) is -1.31. The normalized spacial score (nSPS) is 10.7. The maximum atomic E-state index is 12.4. The number of ether oxygens (including phenoxy) is 1. The molecule has 1 amide bonds. The zero-order valence-corrected chi connectivity index (χ0v) is 11.6. The largest absolute Gasteiger partial charge is 0.478 e. The van der Waals surface area contributed by atoms with E-state index in [1.807, 2.05) is 6.92 Å². The van der Waals surface area contributed by atoms with Crippen LogP contribution in [0.3, 0.4) is 0 Å². The van der Waals surface area contributed by atoms with Gasteiger partial charge in [0, 0.05) is 38.0 Å². The van der Waals surface area contributed by atoms with Gasteiger partial charge in [-0.05, 0) is 19.1 Å². The van der Waals surface area contributed by atoms with Crippen LogP contribution in [0.1, 0.15) is 23.0 Å². The number of likely N-dealkylation sites (N-methyl/N-ethyl adjacent to an activating group) is 1. The molecule has 0 aliphatic rings. The highest BCUT2D eigenvalue weighted by atomic mass is 16.5. The SMILES string of the molecule is CCN(CCOC)C(=O)c1ncccc1/C=C/C(=O)O. The fourth-order valence-electron chi connectivity index (χ4n) is 1.65. The van der Waals surface area contributed by atoms with Crippen LogP contribution in [-0.4, -0.2) is 53.7 Å². The average Bonchev–Trinajstić information content (AvgIpc) is 2.46. The number of carbonyl (C=O) groups is 2. The molecule has 0 spiro atoms. The molecule has 0 radical (unpaired) electrons. The van der Waals surface area contributed by atoms with Crippen molar-refractivity contribution in [3.05, 3.63) is 35.7 Å². The van der Waals surface area contributed by atoms with Gasteiger partial charge in [0.2, 0.25) is 0 Å². The monoisotopic (exact) mass is 278 g/mol. The summed E-state index contributed by atoms with van der Waals surface area (Å²) >= 11 is 0. The van der Waals surface area contributed by atoms with Crippen molar-refractivity contribution >= 4 is 18.0 Å². The summed E-state index contributed by atoms with van der Waals surface area (Å²) < 4.78 is 4.96. The smallest absolute Gasteiger partial charge is 0.328 e. The summed E-state index contributed by atoms with van der Waals surface area (Å²) in [6, 6.07) is 3.31. The van der Waals surface area contributed by atoms with Gasteiger partial charge in [0.15, 0.2) is 0 Å². The molecule has 1 N–H and O–H groups in total. The second kappa shape index (κ2) is 8.06. The zero-order chi connectivity index (χ0) is 15.0. The Morgan fingerprint density at radius 2 is 2.25 bits per heavy atom. The van der Waals surface area contributed by atoms with Crippen LogP contribution in [-0.2, 0) is 9.53 Å². The number of aromatic nitrogens is 1. The van der Waals surface area contributed by atoms with Crippen molar-refractivity contribution in [2.24, 2.45) is 0 Å². The van der Waals surface area contributed by atoms with E-state index in [2.05, 4.69) is 4.98 Å². The van der Waals surface area contributed by atoms with Crippen molar-refractivity contribution in [1.29, 1.82) is 0 Å². The maximum absolute atomic E-state index is 12.4. The first-order chi connectivity index (χ1) is 9.60. The molecule has 0 saturated carbocycles. The summed E-state index contributed by atoms with van der Waals surface area (Å²) in [5, 5.41) is 8.66. The highest BCUT2D eigenvalue weighted by molar-refractivity contribution is 5.97. The molecular formula is C14H18N2O4. The van der Waals surface area contributed by atoms with Crippen molar-refractivity contribution in [3.8, 4) is 0 Å². The van der Waals surface area contributed by atoms with Crippen LogP contribution in [0.2, 0.25) is 0 Å². The highest BCUT2D eigenvalue weighted by Gasteiger charge is 2.17. The third kappa shape index (κ3) is 4.47. The number of hydrogen-bond acceptors (Lipinski definition) is 4. The summed E-state index contributed by atoms with van der Waals surface area (Å²) in [5.41, 5.74) is 0.721. The number of amides is 1. The van der Waals surface area contributed by atoms with Crippen molar-refractivity contribution in [3.63, 3.8) is 0 Å². The van der Waals surface area contributed by atoms with Gasteiger partial charge in [-0.2, -0.15) is 0 Å². The minimum atomic E-state index is -1.07. The van der Waals surface area contributed by atoms with E-state index in [9.17, 15) is 9.59 Å². The van der Waals surface area contributed by atoms with Gasteiger partial charge in [0.1, 0.15) is 5.69 Å². The zero-order valence-electron chi connectivity index (χ0n) is 11.6. The lowest BCUT2D eigenvalue weighted by Crippen LogP contribution is -2.34. The molecule has 1 aromatic rings. The molecule has 0 atom stereocenters. The lowest BCUT2D eigenvalue weighted by atomic mass is 10.1. The second-order valence-corrected chi connectivity index (χ2v) is 3.99. The van der Waals surface area contributed by atoms with Crippen LogP contribution in [0.15, 0.2) is 24.4 Å². The van der Waals surface area contributed by atoms with Gasteiger partial charge in [-0.3, -0.25) is 9.78 Å². The fourth-order valence-corrected chi connectivity index (χ4v) is 1.65. The lowest BCUT2D eigenvalue weighted by Gasteiger charge is -2.20. The van der Waals surface area contributed by atoms with Crippen LogP contribution in [0.25, 0.3) is 6.08 Å². The number of methoxy groups -OCH3 is 1. The topological polar surface area (TPSA) is 79.7 Å². The first-order valence-corrected chi connectivity index (χ1v) is 6.24. The van der Waals surface area contributed by atoms with Gasteiger partial charge in [-0.1, -0.05) is 6.07 Å². The highest BCUT2D eigenvalue weighted by Crippen LogP contribution is 2.11. The fraction of sp³-hybridized carbons (Fsp3) is 0.357. The molecule has 20 heavy (non-hydrogen) atoms. The molecule has 1 rings (SSSR count). The number of aliphatic carboxylic acids is 1. The van der Waals surface area contributed by atoms with Crippen molar-refractivity contribution in [2.75, 3.05) is 26.8 Å². The molecule has 0 saturated heterocycles. The minimum absolute atomic E-state index is 0.239. The molecule has 0 bridgehead atoms. The van der Waals surface area contributed by atoms with Crippen molar-refractivity contribution < 1.29 is 19.4 Å². The van der Waals surface area contributed by atoms with Crippen molar-refractivity contribution in [1.82, 2.24) is 9.88 Å². The Balaban J connectivity index is 2.99. The second-order valence-electron chi connectivity index (χ2n) is 3.99. The van der Waals surface area contributed by atoms with Gasteiger partial charge >= 0.3 is 5.97 Å². The van der Waals surface area contributed by atoms with Gasteiger partial charge in [-0.15, -0.1) is 0 Å². The van der Waals surface area contributed by atoms with E-state index < -0.39 is 5.97 Å². The Bertz CT molecular complexity index is 500. The van der Waals surface area contributed by atoms with Gasteiger partial charge in [0.05, 0.1) is 6.61 Å². The van der Waals surface area contributed by atoms with E-state index in [1.165, 1.54) is 12.3 Å². The summed E-state index contributed by atoms with van der Waals surface area (Å²) in [6.07, 6.45) is 3.86. The van der Waals surface area contributed by atoms with E-state index in [4.69, 9.17) is 9.84 Å². The van der Waals surface area contributed by atoms with E-state index in [1.54, 1.807) is 24.1 Å². The Hall–Kier alpha value is -2.21. The van der Waals surface area contributed by atoms with Gasteiger partial charge < -0.3 is 14.7 Å². The Morgan fingerprint density at radius 3 is 2.85 bits per heavy atom. The molecule has 108 valence electrons. The lowest BCUT2D eigenvalue weighted by molar-refractivity contribution is -0.131. The molecular weight excluding hydrogens is 260 g/mol. The summed E-state index contributed by atoms with van der Waals surface area (Å²) in [7, 11) is 1.57. The van der Waals surface area contributed by atoms with Crippen LogP contribution in [0.5, 0.6) is 0 Å². The predicted octanol–water partition coefficient (Wildman–Crippen LogP) is 1.29. The number of carbonyl (C=O) groups excluding carboxylic acids is 1. The van der Waals surface area contributed by atoms with Crippen LogP contribution < -0.4 is 0 Å². The molecule has 0 fully saturated rings. The molecule has 6 nitrogen and oxygen atoms in total. The standard InChI is InChI=1S/C14H18N2O4/c1-3-16(9-10-20-2)14(19)13-11(5-4-8-15-13)6-7-12(17)18/h4-8H,3,9-10H2,1-2H3,(H,17,18)/b7-6+. The average molecular weight is 278 g/mol. The number of hydrogen-bond donors (Lipinski definition) is 1. The molecule has 1 aromatic heterocycles. The number of carboxylic acids is 1. The summed E-state index contributed by atoms with van der Waals surface area (Å²) in [6.45, 7) is 3.29. The molecule has 0 aliphatic heterocycles. The van der Waals surface area contributed by atoms with Crippen molar-refractivity contribution in [2.45, 2.75) is 6.92 Å². The number of nitrogens with zero attached hydrogens (tertiary/aromatic N) is 2. The molecule has 0 aromatic carbocycles. The Labute approximate surface area is 117 Å². The third-order valence-electron chi connectivity index (χ3n) is 2.68. The van der Waals surface area contributed by atoms with Crippen LogP contribution in [0, 0.1) is 0 Å². The maximum Gasteiger partial charge on any atom is 0.328 e. The molecule has 0 aliphatic carbocycles. The first kappa shape index (κ1) is 15.8.